The number of nitrogens with zero attached hydrogens (tertiary/aromatic N) is 6. The molecule has 1 amide bonds. The van der Waals surface area contributed by atoms with E-state index in [2.05, 4.69) is 29.8 Å². The van der Waals surface area contributed by atoms with Crippen LogP contribution in [0, 0.1) is 0 Å². The summed E-state index contributed by atoms with van der Waals surface area (Å²) in [6.07, 6.45) is 4.05. The smallest absolute Gasteiger partial charge is 0.290 e. The minimum absolute atomic E-state index is 0.0451. The molecule has 0 unspecified atom stereocenters. The Hall–Kier alpha value is -3.76. The van der Waals surface area contributed by atoms with Gasteiger partial charge in [-0.1, -0.05) is 6.07 Å². The Kier molecular flexibility index (Phi) is 5.94. The maximum atomic E-state index is 12.6. The molecule has 0 aliphatic carbocycles. The number of hydrogen-bond acceptors (Lipinski definition) is 8. The number of pyridine rings is 1. The van der Waals surface area contributed by atoms with Crippen LogP contribution in [0.4, 0.5) is 11.8 Å². The summed E-state index contributed by atoms with van der Waals surface area (Å²) in [7, 11) is 0. The van der Waals surface area contributed by atoms with Gasteiger partial charge >= 0.3 is 0 Å². The third-order valence-electron chi connectivity index (χ3n) is 4.25. The number of aromatic amines is 1. The number of imidazole rings is 1. The molecule has 11 heteroatoms. The van der Waals surface area contributed by atoms with Crippen LogP contribution in [0.3, 0.4) is 0 Å². The monoisotopic (exact) mass is 384 g/mol. The second kappa shape index (κ2) is 8.75. The Morgan fingerprint density at radius 3 is 2.75 bits per heavy atom. The van der Waals surface area contributed by atoms with Crippen molar-refractivity contribution in [3.63, 3.8) is 0 Å². The number of nitrogens with two attached hydrogens (primary N) is 1. The van der Waals surface area contributed by atoms with Crippen molar-refractivity contribution in [3.05, 3.63) is 36.4 Å². The molecule has 146 valence electrons. The van der Waals surface area contributed by atoms with Gasteiger partial charge in [-0.3, -0.25) is 14.6 Å². The van der Waals surface area contributed by atoms with Crippen LogP contribution in [0.25, 0.3) is 11.2 Å². The Bertz CT molecular complexity index is 946. The number of nitrogens with one attached hydrogen (secondary N) is 1. The molecule has 0 atom stereocenters. The van der Waals surface area contributed by atoms with E-state index < -0.39 is 0 Å². The molecule has 0 saturated carbocycles. The number of rotatable bonds is 2. The summed E-state index contributed by atoms with van der Waals surface area (Å²) in [5.74, 6) is 0.878. The second-order valence-corrected chi connectivity index (χ2v) is 5.96. The predicted molar refractivity (Wildman–Crippen MR) is 102 cm³/mol. The summed E-state index contributed by atoms with van der Waals surface area (Å²) in [5.41, 5.74) is 7.59. The summed E-state index contributed by atoms with van der Waals surface area (Å²) in [6, 6.07) is 5.36. The topological polar surface area (TPSA) is 154 Å². The minimum Gasteiger partial charge on any atom is -0.483 e. The van der Waals surface area contributed by atoms with Crippen LogP contribution in [0.15, 0.2) is 30.7 Å². The summed E-state index contributed by atoms with van der Waals surface area (Å²) in [4.78, 5) is 44.8. The Morgan fingerprint density at radius 1 is 1.18 bits per heavy atom. The molecule has 1 saturated heterocycles. The Morgan fingerprint density at radius 2 is 2.00 bits per heavy atom. The average molecular weight is 384 g/mol. The van der Waals surface area contributed by atoms with Gasteiger partial charge in [-0.15, -0.1) is 0 Å². The molecule has 4 heterocycles. The SMILES string of the molecule is Nc1nc(N2CCCN(C(=O)c3ccccn3)CC2)c2[nH]cnc2n1.O=CO. The van der Waals surface area contributed by atoms with E-state index in [0.29, 0.717) is 31.0 Å². The van der Waals surface area contributed by atoms with Crippen LogP contribution in [-0.4, -0.2) is 73.5 Å². The van der Waals surface area contributed by atoms with Crippen molar-refractivity contribution in [1.29, 1.82) is 0 Å². The number of aromatic nitrogens is 5. The van der Waals surface area contributed by atoms with Crippen molar-refractivity contribution in [2.75, 3.05) is 36.8 Å². The van der Waals surface area contributed by atoms with E-state index in [0.717, 1.165) is 24.3 Å². The summed E-state index contributed by atoms with van der Waals surface area (Å²) >= 11 is 0. The molecule has 0 aromatic carbocycles. The molecule has 0 bridgehead atoms. The van der Waals surface area contributed by atoms with E-state index in [-0.39, 0.29) is 18.3 Å². The van der Waals surface area contributed by atoms with Crippen molar-refractivity contribution in [2.24, 2.45) is 0 Å². The molecule has 0 spiro atoms. The molecule has 4 rings (SSSR count). The first-order valence-corrected chi connectivity index (χ1v) is 8.63. The van der Waals surface area contributed by atoms with Crippen molar-refractivity contribution >= 4 is 35.3 Å². The van der Waals surface area contributed by atoms with Gasteiger partial charge in [0.2, 0.25) is 5.95 Å². The third kappa shape index (κ3) is 4.14. The molecule has 11 nitrogen and oxygen atoms in total. The van der Waals surface area contributed by atoms with E-state index >= 15 is 0 Å². The predicted octanol–water partition coefficient (Wildman–Crippen LogP) is 0.383. The van der Waals surface area contributed by atoms with Crippen molar-refractivity contribution in [3.8, 4) is 0 Å². The molecule has 3 aromatic heterocycles. The summed E-state index contributed by atoms with van der Waals surface area (Å²) in [6.45, 7) is 2.45. The third-order valence-corrected chi connectivity index (χ3v) is 4.25. The van der Waals surface area contributed by atoms with E-state index in [1.807, 2.05) is 11.0 Å². The fourth-order valence-corrected chi connectivity index (χ4v) is 3.05. The van der Waals surface area contributed by atoms with Gasteiger partial charge in [0.1, 0.15) is 11.2 Å². The largest absolute Gasteiger partial charge is 0.483 e. The summed E-state index contributed by atoms with van der Waals surface area (Å²) in [5, 5.41) is 6.89. The lowest BCUT2D eigenvalue weighted by molar-refractivity contribution is -0.122. The molecular formula is C17H20N8O3. The number of fused-ring (bicyclic) bond motifs is 1. The van der Waals surface area contributed by atoms with E-state index in [1.54, 1.807) is 24.7 Å². The van der Waals surface area contributed by atoms with Crippen LogP contribution >= 0.6 is 0 Å². The van der Waals surface area contributed by atoms with Gasteiger partial charge in [0.25, 0.3) is 12.4 Å². The first kappa shape index (κ1) is 19.0. The van der Waals surface area contributed by atoms with Crippen LogP contribution in [-0.2, 0) is 4.79 Å². The number of amides is 1. The molecule has 3 aromatic rings. The normalized spacial score (nSPS) is 14.1. The number of hydrogen-bond donors (Lipinski definition) is 3. The highest BCUT2D eigenvalue weighted by Crippen LogP contribution is 2.23. The van der Waals surface area contributed by atoms with Gasteiger partial charge in [-0.25, -0.2) is 4.98 Å². The lowest BCUT2D eigenvalue weighted by Gasteiger charge is -2.23. The van der Waals surface area contributed by atoms with Gasteiger partial charge in [-0.05, 0) is 18.6 Å². The molecule has 4 N–H and O–H groups in total. The lowest BCUT2D eigenvalue weighted by Crippen LogP contribution is -2.35. The van der Waals surface area contributed by atoms with Crippen molar-refractivity contribution in [2.45, 2.75) is 6.42 Å². The fourth-order valence-electron chi connectivity index (χ4n) is 3.05. The van der Waals surface area contributed by atoms with Gasteiger partial charge in [0.05, 0.1) is 6.33 Å². The summed E-state index contributed by atoms with van der Waals surface area (Å²) < 4.78 is 0. The lowest BCUT2D eigenvalue weighted by atomic mass is 10.3. The van der Waals surface area contributed by atoms with Crippen LogP contribution in [0.1, 0.15) is 16.9 Å². The highest BCUT2D eigenvalue weighted by atomic mass is 16.3. The zero-order valence-corrected chi connectivity index (χ0v) is 15.0. The van der Waals surface area contributed by atoms with E-state index in [4.69, 9.17) is 15.6 Å². The maximum Gasteiger partial charge on any atom is 0.290 e. The maximum absolute atomic E-state index is 12.6. The van der Waals surface area contributed by atoms with Gasteiger partial charge < -0.3 is 25.6 Å². The highest BCUT2D eigenvalue weighted by molar-refractivity contribution is 5.92. The van der Waals surface area contributed by atoms with E-state index in [1.165, 1.54) is 0 Å². The number of carbonyl (C=O) groups is 2. The Labute approximate surface area is 160 Å². The number of nitrogen functional groups attached to an aromatic ring is 1. The van der Waals surface area contributed by atoms with Gasteiger partial charge in [0, 0.05) is 32.4 Å². The molecular weight excluding hydrogens is 364 g/mol. The zero-order valence-electron chi connectivity index (χ0n) is 15.0. The van der Waals surface area contributed by atoms with Crippen molar-refractivity contribution in [1.82, 2.24) is 29.8 Å². The molecule has 1 aliphatic rings. The number of anilines is 2. The number of H-pyrrole nitrogens is 1. The molecule has 1 aliphatic heterocycles. The number of carboxylic acid groups (broad SMARTS) is 1. The molecule has 0 radical (unpaired) electrons. The zero-order chi connectivity index (χ0) is 19.9. The van der Waals surface area contributed by atoms with Crippen molar-refractivity contribution < 1.29 is 14.7 Å². The Balaban J connectivity index is 0.000000706. The van der Waals surface area contributed by atoms with Crippen LogP contribution in [0.2, 0.25) is 0 Å². The molecule has 28 heavy (non-hydrogen) atoms. The first-order chi connectivity index (χ1) is 13.6. The molecule has 1 fully saturated rings. The van der Waals surface area contributed by atoms with Gasteiger partial charge in [-0.2, -0.15) is 9.97 Å². The first-order valence-electron chi connectivity index (χ1n) is 8.63. The average Bonchev–Trinajstić information content (AvgIpc) is 3.03. The van der Waals surface area contributed by atoms with Crippen LogP contribution < -0.4 is 10.6 Å². The van der Waals surface area contributed by atoms with Crippen LogP contribution in [0.5, 0.6) is 0 Å². The second-order valence-electron chi connectivity index (χ2n) is 5.96. The number of carbonyl (C=O) groups excluding carboxylic acids is 1. The van der Waals surface area contributed by atoms with Gasteiger partial charge in [0.15, 0.2) is 11.5 Å². The standard InChI is InChI=1S/C16H18N8O.CH2O2/c17-16-21-13-12(19-10-20-13)14(22-16)23-6-3-7-24(9-8-23)15(25)11-4-1-2-5-18-11;2-1-3/h1-2,4-5,10H,3,6-9H2,(H3,17,19,20,21,22);1H,(H,2,3). The fraction of sp³-hybridized carbons (Fsp3) is 0.294. The van der Waals surface area contributed by atoms with E-state index in [9.17, 15) is 4.79 Å². The minimum atomic E-state index is -0.250. The highest BCUT2D eigenvalue weighted by Gasteiger charge is 2.23. The quantitative estimate of drug-likeness (QED) is 0.532.